The summed E-state index contributed by atoms with van der Waals surface area (Å²) < 4.78 is 6.02. The lowest BCUT2D eigenvalue weighted by molar-refractivity contribution is 0.479. The maximum atomic E-state index is 6.02. The smallest absolute Gasteiger partial charge is 0.138 e. The standard InChI is InChI=1S/C17H19NOS2/c1-11(2)12-6-4-7-13(10-12)19-14-8-5-9-15(21-3)16(14)17(18)20/h4-11H,1-3H3,(H2,18,20). The van der Waals surface area contributed by atoms with Crippen LogP contribution in [0.1, 0.15) is 30.9 Å². The number of nitrogens with two attached hydrogens (primary N) is 1. The van der Waals surface area contributed by atoms with Gasteiger partial charge in [0.1, 0.15) is 16.5 Å². The molecule has 110 valence electrons. The van der Waals surface area contributed by atoms with Crippen LogP contribution in [0.4, 0.5) is 0 Å². The van der Waals surface area contributed by atoms with E-state index < -0.39 is 0 Å². The van der Waals surface area contributed by atoms with Crippen molar-refractivity contribution in [3.05, 3.63) is 53.6 Å². The summed E-state index contributed by atoms with van der Waals surface area (Å²) in [6, 6.07) is 14.0. The predicted octanol–water partition coefficient (Wildman–Crippen LogP) is 4.96. The van der Waals surface area contributed by atoms with Crippen LogP contribution in [0.5, 0.6) is 11.5 Å². The van der Waals surface area contributed by atoms with E-state index in [1.54, 1.807) is 11.8 Å². The van der Waals surface area contributed by atoms with E-state index in [2.05, 4.69) is 26.0 Å². The topological polar surface area (TPSA) is 35.2 Å². The van der Waals surface area contributed by atoms with Gasteiger partial charge >= 0.3 is 0 Å². The second kappa shape index (κ2) is 6.96. The summed E-state index contributed by atoms with van der Waals surface area (Å²) in [5.74, 6) is 1.97. The fraction of sp³-hybridized carbons (Fsp3) is 0.235. The van der Waals surface area contributed by atoms with Gasteiger partial charge in [-0.3, -0.25) is 0 Å². The Morgan fingerprint density at radius 3 is 2.52 bits per heavy atom. The van der Waals surface area contributed by atoms with Crippen molar-refractivity contribution >= 4 is 29.0 Å². The lowest BCUT2D eigenvalue weighted by Crippen LogP contribution is -2.12. The van der Waals surface area contributed by atoms with Crippen molar-refractivity contribution in [2.75, 3.05) is 6.26 Å². The quantitative estimate of drug-likeness (QED) is 0.624. The summed E-state index contributed by atoms with van der Waals surface area (Å²) in [7, 11) is 0. The molecule has 2 N–H and O–H groups in total. The summed E-state index contributed by atoms with van der Waals surface area (Å²) in [5, 5.41) is 0. The molecule has 2 aromatic carbocycles. The van der Waals surface area contributed by atoms with Gasteiger partial charge in [-0.2, -0.15) is 0 Å². The molecule has 0 saturated carbocycles. The number of thioether (sulfide) groups is 1. The van der Waals surface area contributed by atoms with E-state index in [1.807, 2.05) is 36.6 Å². The predicted molar refractivity (Wildman–Crippen MR) is 94.7 cm³/mol. The SMILES string of the molecule is CSc1cccc(Oc2cccc(C(C)C)c2)c1C(N)=S. The first-order chi connectivity index (χ1) is 10.0. The van der Waals surface area contributed by atoms with Gasteiger partial charge in [0.2, 0.25) is 0 Å². The van der Waals surface area contributed by atoms with Crippen LogP contribution >= 0.6 is 24.0 Å². The third-order valence-corrected chi connectivity index (χ3v) is 4.19. The molecule has 0 bridgehead atoms. The highest BCUT2D eigenvalue weighted by atomic mass is 32.2. The minimum Gasteiger partial charge on any atom is -0.457 e. The lowest BCUT2D eigenvalue weighted by Gasteiger charge is -2.14. The summed E-state index contributed by atoms with van der Waals surface area (Å²) in [6.07, 6.45) is 2.00. The largest absolute Gasteiger partial charge is 0.457 e. The number of hydrogen-bond acceptors (Lipinski definition) is 3. The Hall–Kier alpha value is -1.52. The van der Waals surface area contributed by atoms with Gasteiger partial charge in [0.15, 0.2) is 0 Å². The molecule has 0 aliphatic rings. The normalized spacial score (nSPS) is 10.7. The van der Waals surface area contributed by atoms with Crippen LogP contribution in [0.25, 0.3) is 0 Å². The average molecular weight is 317 g/mol. The molecular weight excluding hydrogens is 298 g/mol. The number of ether oxygens (including phenoxy) is 1. The fourth-order valence-electron chi connectivity index (χ4n) is 2.07. The Labute approximate surface area is 135 Å². The van der Waals surface area contributed by atoms with E-state index in [4.69, 9.17) is 22.7 Å². The highest BCUT2D eigenvalue weighted by molar-refractivity contribution is 7.98. The van der Waals surface area contributed by atoms with Gasteiger partial charge in [0.25, 0.3) is 0 Å². The summed E-state index contributed by atoms with van der Waals surface area (Å²) in [6.45, 7) is 4.32. The summed E-state index contributed by atoms with van der Waals surface area (Å²) in [4.78, 5) is 1.38. The average Bonchev–Trinajstić information content (AvgIpc) is 2.46. The van der Waals surface area contributed by atoms with E-state index in [1.165, 1.54) is 5.56 Å². The van der Waals surface area contributed by atoms with Crippen LogP contribution in [0.2, 0.25) is 0 Å². The van der Waals surface area contributed by atoms with Crippen molar-refractivity contribution in [3.63, 3.8) is 0 Å². The highest BCUT2D eigenvalue weighted by Gasteiger charge is 2.13. The molecule has 0 heterocycles. The molecule has 0 unspecified atom stereocenters. The number of hydrogen-bond donors (Lipinski definition) is 1. The molecule has 2 rings (SSSR count). The van der Waals surface area contributed by atoms with Crippen LogP contribution in [0, 0.1) is 0 Å². The molecule has 0 saturated heterocycles. The Bertz CT molecular complexity index is 653. The third kappa shape index (κ3) is 3.77. The molecule has 0 atom stereocenters. The van der Waals surface area contributed by atoms with E-state index in [9.17, 15) is 0 Å². The second-order valence-electron chi connectivity index (χ2n) is 5.03. The first-order valence-electron chi connectivity index (χ1n) is 6.77. The summed E-state index contributed by atoms with van der Waals surface area (Å²) >= 11 is 6.78. The number of thiocarbonyl (C=S) groups is 1. The van der Waals surface area contributed by atoms with Gasteiger partial charge in [-0.05, 0) is 42.0 Å². The van der Waals surface area contributed by atoms with Crippen LogP contribution < -0.4 is 10.5 Å². The second-order valence-corrected chi connectivity index (χ2v) is 6.31. The maximum Gasteiger partial charge on any atom is 0.138 e. The third-order valence-electron chi connectivity index (χ3n) is 3.21. The van der Waals surface area contributed by atoms with Gasteiger partial charge in [-0.1, -0.05) is 44.3 Å². The minimum atomic E-state index is 0.356. The molecule has 0 aliphatic carbocycles. The van der Waals surface area contributed by atoms with Crippen LogP contribution in [0.15, 0.2) is 47.4 Å². The highest BCUT2D eigenvalue weighted by Crippen LogP contribution is 2.32. The first-order valence-corrected chi connectivity index (χ1v) is 8.41. The van der Waals surface area contributed by atoms with Crippen LogP contribution in [-0.2, 0) is 0 Å². The number of benzene rings is 2. The first kappa shape index (κ1) is 15.9. The Kier molecular flexibility index (Phi) is 5.26. The molecule has 4 heteroatoms. The zero-order chi connectivity index (χ0) is 15.4. The minimum absolute atomic E-state index is 0.356. The van der Waals surface area contributed by atoms with Gasteiger partial charge in [0, 0.05) is 4.90 Å². The van der Waals surface area contributed by atoms with Crippen molar-refractivity contribution in [1.82, 2.24) is 0 Å². The molecule has 21 heavy (non-hydrogen) atoms. The molecule has 0 radical (unpaired) electrons. The van der Waals surface area contributed by atoms with Gasteiger partial charge in [0.05, 0.1) is 5.56 Å². The lowest BCUT2D eigenvalue weighted by atomic mass is 10.0. The van der Waals surface area contributed by atoms with E-state index >= 15 is 0 Å². The van der Waals surface area contributed by atoms with E-state index in [0.29, 0.717) is 16.7 Å². The zero-order valence-electron chi connectivity index (χ0n) is 12.4. The zero-order valence-corrected chi connectivity index (χ0v) is 14.1. The van der Waals surface area contributed by atoms with Crippen molar-refractivity contribution in [3.8, 4) is 11.5 Å². The van der Waals surface area contributed by atoms with E-state index in [0.717, 1.165) is 16.2 Å². The van der Waals surface area contributed by atoms with Crippen molar-refractivity contribution in [2.24, 2.45) is 5.73 Å². The molecule has 2 nitrogen and oxygen atoms in total. The van der Waals surface area contributed by atoms with Crippen molar-refractivity contribution in [1.29, 1.82) is 0 Å². The molecule has 2 aromatic rings. The van der Waals surface area contributed by atoms with Crippen molar-refractivity contribution in [2.45, 2.75) is 24.7 Å². The summed E-state index contributed by atoms with van der Waals surface area (Å²) in [5.41, 5.74) is 7.90. The number of rotatable bonds is 5. The van der Waals surface area contributed by atoms with Crippen molar-refractivity contribution < 1.29 is 4.74 Å². The van der Waals surface area contributed by atoms with Gasteiger partial charge in [-0.25, -0.2) is 0 Å². The van der Waals surface area contributed by atoms with E-state index in [-0.39, 0.29) is 0 Å². The molecule has 0 spiro atoms. The Morgan fingerprint density at radius 2 is 1.90 bits per heavy atom. The molecule has 0 aliphatic heterocycles. The van der Waals surface area contributed by atoms with Gasteiger partial charge in [-0.15, -0.1) is 11.8 Å². The van der Waals surface area contributed by atoms with Crippen LogP contribution in [-0.4, -0.2) is 11.2 Å². The van der Waals surface area contributed by atoms with Crippen LogP contribution in [0.3, 0.4) is 0 Å². The maximum absolute atomic E-state index is 6.02. The molecule has 0 fully saturated rings. The van der Waals surface area contributed by atoms with Gasteiger partial charge < -0.3 is 10.5 Å². The molecule has 0 amide bonds. The Balaban J connectivity index is 2.40. The molecular formula is C17H19NOS2. The fourth-order valence-corrected chi connectivity index (χ4v) is 2.98. The monoisotopic (exact) mass is 317 g/mol. The molecule has 0 aromatic heterocycles. The Morgan fingerprint density at radius 1 is 1.19 bits per heavy atom.